The Hall–Kier alpha value is -1.14. The highest BCUT2D eigenvalue weighted by Crippen LogP contribution is 2.07. The topological polar surface area (TPSA) is 95.9 Å². The van der Waals surface area contributed by atoms with Crippen molar-refractivity contribution < 1.29 is 24.5 Å². The fourth-order valence-corrected chi connectivity index (χ4v) is 1.19. The second-order valence-electron chi connectivity index (χ2n) is 4.26. The summed E-state index contributed by atoms with van der Waals surface area (Å²) in [4.78, 5) is 21.5. The van der Waals surface area contributed by atoms with Crippen molar-refractivity contribution in [3.8, 4) is 0 Å². The van der Waals surface area contributed by atoms with Gasteiger partial charge in [-0.15, -0.1) is 0 Å². The summed E-state index contributed by atoms with van der Waals surface area (Å²) >= 11 is 0. The Morgan fingerprint density at radius 1 is 1.35 bits per heavy atom. The van der Waals surface area contributed by atoms with Crippen molar-refractivity contribution in [1.82, 2.24) is 5.32 Å². The number of rotatable bonds is 9. The number of aliphatic hydroxyl groups is 1. The molecule has 0 spiro atoms. The van der Waals surface area contributed by atoms with Crippen LogP contribution in [-0.4, -0.2) is 48.0 Å². The van der Waals surface area contributed by atoms with Gasteiger partial charge in [0.1, 0.15) is 0 Å². The molecule has 1 amide bonds. The molecule has 0 aliphatic heterocycles. The lowest BCUT2D eigenvalue weighted by atomic mass is 10.0. The molecule has 100 valence electrons. The molecule has 6 nitrogen and oxygen atoms in total. The molecule has 0 fully saturated rings. The van der Waals surface area contributed by atoms with E-state index in [9.17, 15) is 14.7 Å². The molecular weight excluding hydrogens is 226 g/mol. The Labute approximate surface area is 101 Å². The van der Waals surface area contributed by atoms with Gasteiger partial charge in [-0.1, -0.05) is 0 Å². The van der Waals surface area contributed by atoms with Crippen LogP contribution in [-0.2, 0) is 14.3 Å². The van der Waals surface area contributed by atoms with Crippen molar-refractivity contribution in [2.45, 2.75) is 38.2 Å². The van der Waals surface area contributed by atoms with Gasteiger partial charge in [-0.05, 0) is 13.3 Å². The third-order valence-corrected chi connectivity index (χ3v) is 2.31. The average Bonchev–Trinajstić information content (AvgIpc) is 2.23. The Bertz CT molecular complexity index is 252. The third-order valence-electron chi connectivity index (χ3n) is 2.31. The summed E-state index contributed by atoms with van der Waals surface area (Å²) in [7, 11) is 1.54. The number of amides is 1. The molecule has 0 radical (unpaired) electrons. The number of methoxy groups -OCH3 is 1. The highest BCUT2D eigenvalue weighted by atomic mass is 16.5. The monoisotopic (exact) mass is 247 g/mol. The number of hydrogen-bond donors (Lipinski definition) is 3. The van der Waals surface area contributed by atoms with Crippen molar-refractivity contribution in [3.05, 3.63) is 0 Å². The predicted molar refractivity (Wildman–Crippen MR) is 61.6 cm³/mol. The molecule has 3 N–H and O–H groups in total. The maximum atomic E-state index is 11.3. The van der Waals surface area contributed by atoms with Gasteiger partial charge in [0.05, 0.1) is 5.60 Å². The van der Waals surface area contributed by atoms with E-state index in [-0.39, 0.29) is 25.3 Å². The van der Waals surface area contributed by atoms with Gasteiger partial charge < -0.3 is 20.3 Å². The van der Waals surface area contributed by atoms with E-state index in [0.29, 0.717) is 19.4 Å². The minimum absolute atomic E-state index is 0.0203. The molecule has 0 bridgehead atoms. The zero-order valence-corrected chi connectivity index (χ0v) is 10.4. The molecule has 0 aliphatic carbocycles. The van der Waals surface area contributed by atoms with Crippen LogP contribution in [0.5, 0.6) is 0 Å². The molecule has 0 rings (SSSR count). The first kappa shape index (κ1) is 15.9. The number of carboxylic acid groups (broad SMARTS) is 1. The van der Waals surface area contributed by atoms with Crippen molar-refractivity contribution >= 4 is 11.9 Å². The smallest absolute Gasteiger partial charge is 0.303 e. The van der Waals surface area contributed by atoms with Gasteiger partial charge >= 0.3 is 5.97 Å². The predicted octanol–water partition coefficient (Wildman–Crippen LogP) is 0.145. The SMILES string of the molecule is COCCC(C)(O)CNC(=O)CCCC(=O)O. The summed E-state index contributed by atoms with van der Waals surface area (Å²) < 4.78 is 4.84. The maximum Gasteiger partial charge on any atom is 0.303 e. The lowest BCUT2D eigenvalue weighted by molar-refractivity contribution is -0.137. The van der Waals surface area contributed by atoms with E-state index in [1.807, 2.05) is 0 Å². The Morgan fingerprint density at radius 2 is 2.00 bits per heavy atom. The van der Waals surface area contributed by atoms with E-state index in [1.165, 1.54) is 0 Å². The normalized spacial score (nSPS) is 14.1. The van der Waals surface area contributed by atoms with Gasteiger partial charge in [-0.2, -0.15) is 0 Å². The van der Waals surface area contributed by atoms with E-state index in [0.717, 1.165) is 0 Å². The van der Waals surface area contributed by atoms with Crippen molar-refractivity contribution in [2.24, 2.45) is 0 Å². The minimum Gasteiger partial charge on any atom is -0.481 e. The van der Waals surface area contributed by atoms with Crippen LogP contribution in [0, 0.1) is 0 Å². The number of aliphatic carboxylic acids is 1. The van der Waals surface area contributed by atoms with Gasteiger partial charge in [0.15, 0.2) is 0 Å². The quantitative estimate of drug-likeness (QED) is 0.539. The van der Waals surface area contributed by atoms with Crippen LogP contribution < -0.4 is 5.32 Å². The van der Waals surface area contributed by atoms with Crippen LogP contribution in [0.1, 0.15) is 32.6 Å². The first-order valence-corrected chi connectivity index (χ1v) is 5.57. The van der Waals surface area contributed by atoms with Crippen LogP contribution in [0.15, 0.2) is 0 Å². The second kappa shape index (κ2) is 8.03. The van der Waals surface area contributed by atoms with Crippen molar-refractivity contribution in [1.29, 1.82) is 0 Å². The molecule has 1 unspecified atom stereocenters. The van der Waals surface area contributed by atoms with Crippen molar-refractivity contribution in [2.75, 3.05) is 20.3 Å². The molecule has 0 aliphatic rings. The molecule has 17 heavy (non-hydrogen) atoms. The fourth-order valence-electron chi connectivity index (χ4n) is 1.19. The minimum atomic E-state index is -1.00. The summed E-state index contributed by atoms with van der Waals surface area (Å²) in [6, 6.07) is 0. The number of nitrogens with one attached hydrogen (secondary N) is 1. The van der Waals surface area contributed by atoms with Crippen LogP contribution in [0.2, 0.25) is 0 Å². The summed E-state index contributed by atoms with van der Waals surface area (Å²) in [5, 5.41) is 20.8. The third kappa shape index (κ3) is 9.77. The van der Waals surface area contributed by atoms with Gasteiger partial charge in [-0.3, -0.25) is 9.59 Å². The number of hydrogen-bond acceptors (Lipinski definition) is 4. The van der Waals surface area contributed by atoms with E-state index < -0.39 is 11.6 Å². The summed E-state index contributed by atoms with van der Waals surface area (Å²) in [5.41, 5.74) is -1.00. The van der Waals surface area contributed by atoms with E-state index >= 15 is 0 Å². The Morgan fingerprint density at radius 3 is 2.53 bits per heavy atom. The standard InChI is InChI=1S/C11H21NO5/c1-11(16,6-7-17-2)8-12-9(13)4-3-5-10(14)15/h16H,3-8H2,1-2H3,(H,12,13)(H,14,15). The molecule has 0 saturated heterocycles. The molecule has 6 heteroatoms. The zero-order chi connectivity index (χ0) is 13.3. The summed E-state index contributed by atoms with van der Waals surface area (Å²) in [5.74, 6) is -1.16. The zero-order valence-electron chi connectivity index (χ0n) is 10.4. The first-order valence-electron chi connectivity index (χ1n) is 5.57. The van der Waals surface area contributed by atoms with E-state index in [2.05, 4.69) is 5.32 Å². The highest BCUT2D eigenvalue weighted by Gasteiger charge is 2.20. The number of carbonyl (C=O) groups is 2. The molecule has 0 aromatic rings. The Balaban J connectivity index is 3.71. The summed E-state index contributed by atoms with van der Waals surface area (Å²) in [6.07, 6.45) is 0.875. The number of carboxylic acids is 1. The van der Waals surface area contributed by atoms with E-state index in [1.54, 1.807) is 14.0 Å². The van der Waals surface area contributed by atoms with Gasteiger partial charge in [0, 0.05) is 39.5 Å². The van der Waals surface area contributed by atoms with Crippen LogP contribution >= 0.6 is 0 Å². The second-order valence-corrected chi connectivity index (χ2v) is 4.26. The lowest BCUT2D eigenvalue weighted by Crippen LogP contribution is -2.41. The maximum absolute atomic E-state index is 11.3. The fraction of sp³-hybridized carbons (Fsp3) is 0.818. The molecule has 0 heterocycles. The molecule has 0 aromatic carbocycles. The molecule has 0 aromatic heterocycles. The van der Waals surface area contributed by atoms with Gasteiger partial charge in [-0.25, -0.2) is 0 Å². The first-order chi connectivity index (χ1) is 7.87. The molecule has 1 atom stereocenters. The Kier molecular flexibility index (Phi) is 7.49. The summed E-state index contributed by atoms with van der Waals surface area (Å²) in [6.45, 7) is 2.17. The van der Waals surface area contributed by atoms with E-state index in [4.69, 9.17) is 9.84 Å². The van der Waals surface area contributed by atoms with Gasteiger partial charge in [0.2, 0.25) is 5.91 Å². The number of ether oxygens (including phenoxy) is 1. The highest BCUT2D eigenvalue weighted by molar-refractivity contribution is 5.76. The van der Waals surface area contributed by atoms with Crippen molar-refractivity contribution in [3.63, 3.8) is 0 Å². The molecule has 0 saturated carbocycles. The van der Waals surface area contributed by atoms with Crippen LogP contribution in [0.3, 0.4) is 0 Å². The van der Waals surface area contributed by atoms with Crippen LogP contribution in [0.25, 0.3) is 0 Å². The largest absolute Gasteiger partial charge is 0.481 e. The lowest BCUT2D eigenvalue weighted by Gasteiger charge is -2.23. The number of carbonyl (C=O) groups excluding carboxylic acids is 1. The van der Waals surface area contributed by atoms with Gasteiger partial charge in [0.25, 0.3) is 0 Å². The average molecular weight is 247 g/mol. The molecular formula is C11H21NO5. The van der Waals surface area contributed by atoms with Crippen LogP contribution in [0.4, 0.5) is 0 Å².